The summed E-state index contributed by atoms with van der Waals surface area (Å²) in [6, 6.07) is 4.86. The lowest BCUT2D eigenvalue weighted by Crippen LogP contribution is -2.09. The monoisotopic (exact) mass is 191 g/mol. The van der Waals surface area contributed by atoms with E-state index in [1.807, 2.05) is 12.3 Å². The number of nitrogens with two attached hydrogens (primary N) is 1. The molecule has 1 aromatic heterocycles. The Balaban J connectivity index is 2.01. The molecule has 2 rings (SSSR count). The smallest absolute Gasteiger partial charge is 0.126 e. The molecule has 1 aliphatic rings. The van der Waals surface area contributed by atoms with Crippen LogP contribution in [0, 0.1) is 0 Å². The average Bonchev–Trinajstić information content (AvgIpc) is 3.02. The van der Waals surface area contributed by atoms with E-state index in [1.165, 1.54) is 12.8 Å². The molecule has 1 aromatic rings. The van der Waals surface area contributed by atoms with Crippen molar-refractivity contribution in [1.29, 1.82) is 0 Å². The third-order valence-electron chi connectivity index (χ3n) is 2.58. The number of nitrogens with zero attached hydrogens (tertiary/aromatic N) is 1. The van der Waals surface area contributed by atoms with Crippen LogP contribution in [0.25, 0.3) is 0 Å². The van der Waals surface area contributed by atoms with Crippen molar-refractivity contribution in [3.8, 4) is 0 Å². The Kier molecular flexibility index (Phi) is 2.68. The van der Waals surface area contributed by atoms with Crippen LogP contribution in [-0.4, -0.2) is 11.0 Å². The number of aromatic nitrogens is 1. The van der Waals surface area contributed by atoms with Gasteiger partial charge in [-0.1, -0.05) is 13.0 Å². The molecule has 3 N–H and O–H groups in total. The molecular formula is C11H17N3. The molecule has 1 atom stereocenters. The third-order valence-corrected chi connectivity index (χ3v) is 2.58. The standard InChI is InChI=1S/C11H17N3/c1-2-10(12)8-3-6-11(13-7-8)14-9-4-5-9/h3,6-7,9-10H,2,4-5,12H2,1H3,(H,13,14)/t10-/m1/s1. The molecule has 0 aliphatic heterocycles. The van der Waals surface area contributed by atoms with E-state index in [9.17, 15) is 0 Å². The van der Waals surface area contributed by atoms with Gasteiger partial charge in [0.25, 0.3) is 0 Å². The maximum Gasteiger partial charge on any atom is 0.126 e. The van der Waals surface area contributed by atoms with Crippen LogP contribution in [0.2, 0.25) is 0 Å². The third kappa shape index (κ3) is 2.23. The van der Waals surface area contributed by atoms with Crippen molar-refractivity contribution in [3.63, 3.8) is 0 Å². The fraction of sp³-hybridized carbons (Fsp3) is 0.545. The SMILES string of the molecule is CC[C@@H](N)c1ccc(NC2CC2)nc1. The first-order valence-electron chi connectivity index (χ1n) is 5.27. The van der Waals surface area contributed by atoms with Crippen molar-refractivity contribution < 1.29 is 0 Å². The normalized spacial score (nSPS) is 17.9. The summed E-state index contributed by atoms with van der Waals surface area (Å²) < 4.78 is 0. The van der Waals surface area contributed by atoms with E-state index in [0.29, 0.717) is 6.04 Å². The first kappa shape index (κ1) is 9.46. The van der Waals surface area contributed by atoms with Crippen molar-refractivity contribution >= 4 is 5.82 Å². The van der Waals surface area contributed by atoms with E-state index in [1.54, 1.807) is 0 Å². The van der Waals surface area contributed by atoms with Gasteiger partial charge in [0.05, 0.1) is 0 Å². The van der Waals surface area contributed by atoms with E-state index in [-0.39, 0.29) is 6.04 Å². The molecule has 0 saturated heterocycles. The Morgan fingerprint density at radius 1 is 1.57 bits per heavy atom. The van der Waals surface area contributed by atoms with Crippen LogP contribution in [0.3, 0.4) is 0 Å². The molecule has 1 aliphatic carbocycles. The van der Waals surface area contributed by atoms with Crippen LogP contribution in [-0.2, 0) is 0 Å². The zero-order valence-electron chi connectivity index (χ0n) is 8.53. The number of anilines is 1. The van der Waals surface area contributed by atoms with E-state index in [4.69, 9.17) is 5.73 Å². The number of hydrogen-bond acceptors (Lipinski definition) is 3. The summed E-state index contributed by atoms with van der Waals surface area (Å²) in [4.78, 5) is 4.34. The Morgan fingerprint density at radius 2 is 2.36 bits per heavy atom. The number of nitrogens with one attached hydrogen (secondary N) is 1. The van der Waals surface area contributed by atoms with Crippen LogP contribution in [0.15, 0.2) is 18.3 Å². The van der Waals surface area contributed by atoms with Crippen molar-refractivity contribution in [1.82, 2.24) is 4.98 Å². The number of pyridine rings is 1. The minimum Gasteiger partial charge on any atom is -0.367 e. The van der Waals surface area contributed by atoms with Crippen LogP contribution < -0.4 is 11.1 Å². The molecule has 0 spiro atoms. The molecule has 0 amide bonds. The summed E-state index contributed by atoms with van der Waals surface area (Å²) in [5, 5.41) is 3.35. The van der Waals surface area contributed by atoms with Crippen molar-refractivity contribution in [2.45, 2.75) is 38.3 Å². The van der Waals surface area contributed by atoms with Crippen molar-refractivity contribution in [2.24, 2.45) is 5.73 Å². The summed E-state index contributed by atoms with van der Waals surface area (Å²) in [7, 11) is 0. The minimum atomic E-state index is 0.123. The average molecular weight is 191 g/mol. The lowest BCUT2D eigenvalue weighted by atomic mass is 10.1. The first-order valence-corrected chi connectivity index (χ1v) is 5.27. The van der Waals surface area contributed by atoms with Gasteiger partial charge < -0.3 is 11.1 Å². The first-order chi connectivity index (χ1) is 6.79. The molecule has 0 bridgehead atoms. The van der Waals surface area contributed by atoms with Gasteiger partial charge in [0.1, 0.15) is 5.82 Å². The second-order valence-electron chi connectivity index (χ2n) is 3.91. The lowest BCUT2D eigenvalue weighted by Gasteiger charge is -2.09. The van der Waals surface area contributed by atoms with E-state index < -0.39 is 0 Å². The highest BCUT2D eigenvalue weighted by Gasteiger charge is 2.21. The quantitative estimate of drug-likeness (QED) is 0.766. The maximum absolute atomic E-state index is 5.90. The largest absolute Gasteiger partial charge is 0.367 e. The van der Waals surface area contributed by atoms with Crippen molar-refractivity contribution in [3.05, 3.63) is 23.9 Å². The van der Waals surface area contributed by atoms with E-state index >= 15 is 0 Å². The van der Waals surface area contributed by atoms with E-state index in [2.05, 4.69) is 23.3 Å². The highest BCUT2D eigenvalue weighted by Crippen LogP contribution is 2.24. The van der Waals surface area contributed by atoms with E-state index in [0.717, 1.165) is 17.8 Å². The summed E-state index contributed by atoms with van der Waals surface area (Å²) in [5.41, 5.74) is 7.02. The molecule has 0 aromatic carbocycles. The molecule has 0 radical (unpaired) electrons. The highest BCUT2D eigenvalue weighted by atomic mass is 15.0. The molecule has 1 saturated carbocycles. The fourth-order valence-electron chi connectivity index (χ4n) is 1.38. The second kappa shape index (κ2) is 3.96. The Labute approximate surface area is 84.7 Å². The van der Waals surface area contributed by atoms with Gasteiger partial charge in [0.15, 0.2) is 0 Å². The van der Waals surface area contributed by atoms with Crippen LogP contribution in [0.1, 0.15) is 37.8 Å². The summed E-state index contributed by atoms with van der Waals surface area (Å²) in [6.07, 6.45) is 5.38. The van der Waals surface area contributed by atoms with Gasteiger partial charge in [0, 0.05) is 18.3 Å². The summed E-state index contributed by atoms with van der Waals surface area (Å²) in [5.74, 6) is 0.972. The zero-order chi connectivity index (χ0) is 9.97. The van der Waals surface area contributed by atoms with Gasteiger partial charge in [-0.25, -0.2) is 4.98 Å². The van der Waals surface area contributed by atoms with Gasteiger partial charge in [-0.05, 0) is 30.9 Å². The van der Waals surface area contributed by atoms with Gasteiger partial charge in [-0.2, -0.15) is 0 Å². The molecule has 3 nitrogen and oxygen atoms in total. The zero-order valence-corrected chi connectivity index (χ0v) is 8.53. The Bertz CT molecular complexity index is 290. The molecule has 1 fully saturated rings. The molecule has 3 heteroatoms. The van der Waals surface area contributed by atoms with Crippen LogP contribution >= 0.6 is 0 Å². The Morgan fingerprint density at radius 3 is 2.86 bits per heavy atom. The molecule has 0 unspecified atom stereocenters. The molecule has 1 heterocycles. The van der Waals surface area contributed by atoms with Crippen molar-refractivity contribution in [2.75, 3.05) is 5.32 Å². The lowest BCUT2D eigenvalue weighted by molar-refractivity contribution is 0.695. The number of rotatable bonds is 4. The predicted molar refractivity (Wildman–Crippen MR) is 58.1 cm³/mol. The highest BCUT2D eigenvalue weighted by molar-refractivity contribution is 5.38. The number of hydrogen-bond donors (Lipinski definition) is 2. The summed E-state index contributed by atoms with van der Waals surface area (Å²) in [6.45, 7) is 2.08. The predicted octanol–water partition coefficient (Wildman–Crippen LogP) is 2.07. The molecular weight excluding hydrogens is 174 g/mol. The maximum atomic E-state index is 5.90. The van der Waals surface area contributed by atoms with Gasteiger partial charge in [-0.3, -0.25) is 0 Å². The van der Waals surface area contributed by atoms with Crippen LogP contribution in [0.5, 0.6) is 0 Å². The topological polar surface area (TPSA) is 50.9 Å². The van der Waals surface area contributed by atoms with Crippen LogP contribution in [0.4, 0.5) is 5.82 Å². The fourth-order valence-corrected chi connectivity index (χ4v) is 1.38. The van der Waals surface area contributed by atoms with Gasteiger partial charge in [0.2, 0.25) is 0 Å². The Hall–Kier alpha value is -1.09. The van der Waals surface area contributed by atoms with Gasteiger partial charge in [-0.15, -0.1) is 0 Å². The minimum absolute atomic E-state index is 0.123. The van der Waals surface area contributed by atoms with Gasteiger partial charge >= 0.3 is 0 Å². The molecule has 76 valence electrons. The summed E-state index contributed by atoms with van der Waals surface area (Å²) >= 11 is 0. The second-order valence-corrected chi connectivity index (χ2v) is 3.91. The molecule has 14 heavy (non-hydrogen) atoms.